The molecule has 4 heteroatoms. The van der Waals surface area contributed by atoms with Crippen LogP contribution in [-0.4, -0.2) is 31.1 Å². The molecule has 1 N–H and O–H groups in total. The van der Waals surface area contributed by atoms with Gasteiger partial charge in [0, 0.05) is 19.6 Å². The number of fused-ring (bicyclic) bond motifs is 1. The summed E-state index contributed by atoms with van der Waals surface area (Å²) in [5.74, 6) is -0.164. The van der Waals surface area contributed by atoms with Crippen LogP contribution in [0, 0.1) is 17.1 Å². The first-order valence-corrected chi connectivity index (χ1v) is 6.93. The van der Waals surface area contributed by atoms with Crippen LogP contribution in [0.3, 0.4) is 0 Å². The number of rotatable bonds is 1. The van der Waals surface area contributed by atoms with Gasteiger partial charge in [-0.25, -0.2) is 4.39 Å². The van der Waals surface area contributed by atoms with E-state index in [2.05, 4.69) is 16.3 Å². The second-order valence-corrected chi connectivity index (χ2v) is 5.33. The van der Waals surface area contributed by atoms with Crippen molar-refractivity contribution in [2.24, 2.45) is 0 Å². The maximum atomic E-state index is 13.9. The van der Waals surface area contributed by atoms with E-state index >= 15 is 0 Å². The number of nitriles is 1. The predicted molar refractivity (Wildman–Crippen MR) is 71.1 cm³/mol. The van der Waals surface area contributed by atoms with E-state index in [9.17, 15) is 9.65 Å². The van der Waals surface area contributed by atoms with Crippen molar-refractivity contribution in [1.29, 1.82) is 5.26 Å². The second-order valence-electron chi connectivity index (χ2n) is 5.33. The van der Waals surface area contributed by atoms with Gasteiger partial charge in [-0.1, -0.05) is 12.1 Å². The molecular weight excluding hydrogens is 241 g/mol. The quantitative estimate of drug-likeness (QED) is 0.835. The molecule has 0 spiro atoms. The van der Waals surface area contributed by atoms with Crippen LogP contribution in [0.5, 0.6) is 0 Å². The fraction of sp³-hybridized carbons (Fsp3) is 0.533. The van der Waals surface area contributed by atoms with Gasteiger partial charge in [-0.15, -0.1) is 0 Å². The van der Waals surface area contributed by atoms with Crippen molar-refractivity contribution in [3.8, 4) is 6.07 Å². The lowest BCUT2D eigenvalue weighted by Crippen LogP contribution is -2.45. The summed E-state index contributed by atoms with van der Waals surface area (Å²) in [5.41, 5.74) is 1.00. The molecule has 1 aromatic rings. The third-order valence-corrected chi connectivity index (χ3v) is 4.37. The number of nitrogens with zero attached hydrogens (tertiary/aromatic N) is 2. The molecule has 0 amide bonds. The average Bonchev–Trinajstić information content (AvgIpc) is 2.62. The lowest BCUT2D eigenvalue weighted by atomic mass is 9.91. The summed E-state index contributed by atoms with van der Waals surface area (Å²) in [5, 5.41) is 13.1. The Labute approximate surface area is 113 Å². The number of halogens is 1. The number of benzene rings is 1. The minimum atomic E-state index is -0.622. The first kappa shape index (κ1) is 12.6. The molecule has 1 unspecified atom stereocenters. The number of hydrogen-bond acceptors (Lipinski definition) is 3. The van der Waals surface area contributed by atoms with Crippen molar-refractivity contribution >= 4 is 0 Å². The van der Waals surface area contributed by atoms with Crippen LogP contribution in [-0.2, 0) is 12.0 Å². The molecule has 1 aliphatic carbocycles. The van der Waals surface area contributed by atoms with E-state index in [1.807, 2.05) is 6.07 Å². The van der Waals surface area contributed by atoms with Crippen LogP contribution < -0.4 is 5.32 Å². The van der Waals surface area contributed by atoms with Crippen LogP contribution in [0.2, 0.25) is 0 Å². The molecule has 2 aliphatic rings. The van der Waals surface area contributed by atoms with Crippen LogP contribution >= 0.6 is 0 Å². The molecule has 1 aliphatic heterocycles. The highest BCUT2D eigenvalue weighted by molar-refractivity contribution is 5.44. The van der Waals surface area contributed by atoms with Gasteiger partial charge >= 0.3 is 0 Å². The molecule has 3 rings (SSSR count). The van der Waals surface area contributed by atoms with Crippen molar-refractivity contribution in [3.63, 3.8) is 0 Å². The standard InChI is InChI=1S/C15H18FN3/c16-14-4-1-3-13-12(14)5-6-15(13,11-17)19-9-2-7-18-8-10-19/h1,3-4,18H,2,5-10H2. The van der Waals surface area contributed by atoms with Gasteiger partial charge in [0.1, 0.15) is 11.4 Å². The Morgan fingerprint density at radius 1 is 1.32 bits per heavy atom. The van der Waals surface area contributed by atoms with E-state index in [0.717, 1.165) is 43.7 Å². The van der Waals surface area contributed by atoms with E-state index in [1.165, 1.54) is 6.07 Å². The summed E-state index contributed by atoms with van der Waals surface area (Å²) in [6.45, 7) is 3.64. The second kappa shape index (κ2) is 4.92. The summed E-state index contributed by atoms with van der Waals surface area (Å²) < 4.78 is 13.9. The predicted octanol–water partition coefficient (Wildman–Crippen LogP) is 1.79. The molecular formula is C15H18FN3. The lowest BCUT2D eigenvalue weighted by molar-refractivity contribution is 0.146. The van der Waals surface area contributed by atoms with Gasteiger partial charge in [0.15, 0.2) is 0 Å². The van der Waals surface area contributed by atoms with Gasteiger partial charge in [0.25, 0.3) is 0 Å². The van der Waals surface area contributed by atoms with Gasteiger partial charge in [-0.3, -0.25) is 4.90 Å². The molecule has 0 bridgehead atoms. The molecule has 1 atom stereocenters. The van der Waals surface area contributed by atoms with Crippen LogP contribution in [0.1, 0.15) is 24.0 Å². The molecule has 19 heavy (non-hydrogen) atoms. The normalized spacial score (nSPS) is 27.6. The van der Waals surface area contributed by atoms with Gasteiger partial charge in [-0.2, -0.15) is 5.26 Å². The molecule has 1 saturated heterocycles. The summed E-state index contributed by atoms with van der Waals surface area (Å²) in [7, 11) is 0. The monoisotopic (exact) mass is 259 g/mol. The van der Waals surface area contributed by atoms with Crippen molar-refractivity contribution in [1.82, 2.24) is 10.2 Å². The molecule has 0 aromatic heterocycles. The van der Waals surface area contributed by atoms with E-state index in [0.29, 0.717) is 12.8 Å². The Balaban J connectivity index is 2.02. The summed E-state index contributed by atoms with van der Waals surface area (Å²) in [6, 6.07) is 7.63. The van der Waals surface area contributed by atoms with E-state index in [4.69, 9.17) is 0 Å². The third kappa shape index (κ3) is 1.94. The maximum Gasteiger partial charge on any atom is 0.135 e. The Morgan fingerprint density at radius 3 is 3.05 bits per heavy atom. The highest BCUT2D eigenvalue weighted by Gasteiger charge is 2.44. The zero-order valence-electron chi connectivity index (χ0n) is 11.0. The average molecular weight is 259 g/mol. The smallest absolute Gasteiger partial charge is 0.135 e. The molecule has 3 nitrogen and oxygen atoms in total. The number of nitrogens with one attached hydrogen (secondary N) is 1. The molecule has 1 heterocycles. The highest BCUT2D eigenvalue weighted by Crippen LogP contribution is 2.42. The van der Waals surface area contributed by atoms with Crippen LogP contribution in [0.4, 0.5) is 4.39 Å². The largest absolute Gasteiger partial charge is 0.315 e. The Hall–Kier alpha value is -1.44. The zero-order valence-corrected chi connectivity index (χ0v) is 11.0. The zero-order chi connectivity index (χ0) is 13.3. The fourth-order valence-electron chi connectivity index (χ4n) is 3.38. The Bertz CT molecular complexity index is 515. The number of hydrogen-bond donors (Lipinski definition) is 1. The molecule has 1 aromatic carbocycles. The molecule has 0 radical (unpaired) electrons. The topological polar surface area (TPSA) is 39.1 Å². The molecule has 0 saturated carbocycles. The molecule has 1 fully saturated rings. The van der Waals surface area contributed by atoms with Crippen molar-refractivity contribution in [2.75, 3.05) is 26.2 Å². The van der Waals surface area contributed by atoms with Gasteiger partial charge in [0.2, 0.25) is 0 Å². The van der Waals surface area contributed by atoms with E-state index in [1.54, 1.807) is 6.07 Å². The van der Waals surface area contributed by atoms with E-state index in [-0.39, 0.29) is 5.82 Å². The van der Waals surface area contributed by atoms with E-state index < -0.39 is 5.54 Å². The lowest BCUT2D eigenvalue weighted by Gasteiger charge is -2.35. The van der Waals surface area contributed by atoms with Gasteiger partial charge in [-0.05, 0) is 43.0 Å². The first-order chi connectivity index (χ1) is 9.28. The first-order valence-electron chi connectivity index (χ1n) is 6.93. The van der Waals surface area contributed by atoms with Crippen molar-refractivity contribution in [3.05, 3.63) is 35.1 Å². The fourth-order valence-corrected chi connectivity index (χ4v) is 3.38. The minimum Gasteiger partial charge on any atom is -0.315 e. The van der Waals surface area contributed by atoms with Crippen molar-refractivity contribution in [2.45, 2.75) is 24.8 Å². The van der Waals surface area contributed by atoms with Crippen LogP contribution in [0.25, 0.3) is 0 Å². The Kier molecular flexibility index (Phi) is 3.26. The summed E-state index contributed by atoms with van der Waals surface area (Å²) in [4.78, 5) is 2.23. The molecule has 100 valence electrons. The Morgan fingerprint density at radius 2 is 2.21 bits per heavy atom. The third-order valence-electron chi connectivity index (χ3n) is 4.37. The van der Waals surface area contributed by atoms with Crippen molar-refractivity contribution < 1.29 is 4.39 Å². The summed E-state index contributed by atoms with van der Waals surface area (Å²) >= 11 is 0. The highest BCUT2D eigenvalue weighted by atomic mass is 19.1. The van der Waals surface area contributed by atoms with Gasteiger partial charge in [0.05, 0.1) is 6.07 Å². The van der Waals surface area contributed by atoms with Gasteiger partial charge < -0.3 is 5.32 Å². The minimum absolute atomic E-state index is 0.164. The van der Waals surface area contributed by atoms with Crippen LogP contribution in [0.15, 0.2) is 18.2 Å². The maximum absolute atomic E-state index is 13.9. The summed E-state index contributed by atoms with van der Waals surface area (Å²) in [6.07, 6.45) is 2.41. The SMILES string of the molecule is N#CC1(N2CCCNCC2)CCc2c(F)cccc21.